The molecule has 0 fully saturated rings. The van der Waals surface area contributed by atoms with Crippen molar-refractivity contribution in [1.82, 2.24) is 20.6 Å². The Morgan fingerprint density at radius 1 is 0.912 bits per heavy atom. The van der Waals surface area contributed by atoms with Crippen LogP contribution in [0.4, 0.5) is 10.1 Å². The van der Waals surface area contributed by atoms with E-state index >= 15 is 0 Å². The van der Waals surface area contributed by atoms with E-state index < -0.39 is 5.82 Å². The number of nitrogens with zero attached hydrogens (tertiary/aromatic N) is 1. The number of H-pyrrole nitrogens is 1. The highest BCUT2D eigenvalue weighted by Crippen LogP contribution is 2.23. The largest absolute Gasteiger partial charge is 0.383 e. The van der Waals surface area contributed by atoms with Gasteiger partial charge >= 0.3 is 0 Å². The summed E-state index contributed by atoms with van der Waals surface area (Å²) in [5, 5.41) is 10.2. The van der Waals surface area contributed by atoms with Crippen molar-refractivity contribution < 1.29 is 4.39 Å². The van der Waals surface area contributed by atoms with Crippen LogP contribution in [0.1, 0.15) is 36.8 Å². The first-order valence-corrected chi connectivity index (χ1v) is 12.2. The zero-order valence-electron chi connectivity index (χ0n) is 20.3. The minimum absolute atomic E-state index is 0.245. The van der Waals surface area contributed by atoms with Crippen molar-refractivity contribution in [1.29, 1.82) is 0 Å². The zero-order chi connectivity index (χ0) is 24.3. The molecular formula is C26H37FN6O. The lowest BCUT2D eigenvalue weighted by atomic mass is 10.1. The van der Waals surface area contributed by atoms with Gasteiger partial charge in [0.15, 0.2) is 0 Å². The van der Waals surface area contributed by atoms with Crippen molar-refractivity contribution in [2.24, 2.45) is 5.73 Å². The number of unbranched alkanes of at least 4 members (excludes halogenated alkanes) is 1. The lowest BCUT2D eigenvalue weighted by molar-refractivity contribution is 0.571. The summed E-state index contributed by atoms with van der Waals surface area (Å²) in [5.41, 5.74) is 9.08. The Morgan fingerprint density at radius 3 is 2.32 bits per heavy atom. The van der Waals surface area contributed by atoms with Gasteiger partial charge in [-0.3, -0.25) is 4.79 Å². The van der Waals surface area contributed by atoms with E-state index in [1.165, 1.54) is 11.6 Å². The van der Waals surface area contributed by atoms with Gasteiger partial charge in [-0.15, -0.1) is 0 Å². The van der Waals surface area contributed by atoms with Crippen LogP contribution in [0.15, 0.2) is 35.1 Å². The van der Waals surface area contributed by atoms with E-state index in [9.17, 15) is 9.18 Å². The van der Waals surface area contributed by atoms with Crippen molar-refractivity contribution in [2.75, 3.05) is 44.6 Å². The lowest BCUT2D eigenvalue weighted by Gasteiger charge is -2.11. The van der Waals surface area contributed by atoms with Crippen molar-refractivity contribution >= 4 is 16.6 Å². The van der Waals surface area contributed by atoms with Gasteiger partial charge in [0.1, 0.15) is 11.6 Å². The summed E-state index contributed by atoms with van der Waals surface area (Å²) in [6.45, 7) is 9.25. The summed E-state index contributed by atoms with van der Waals surface area (Å²) in [7, 11) is 0. The Balaban J connectivity index is 1.51. The molecule has 2 aromatic carbocycles. The van der Waals surface area contributed by atoms with Crippen LogP contribution < -0.4 is 27.2 Å². The summed E-state index contributed by atoms with van der Waals surface area (Å²) in [6, 6.07) is 8.80. The molecule has 0 atom stereocenters. The summed E-state index contributed by atoms with van der Waals surface area (Å²) in [6.07, 6.45) is 4.13. The molecule has 6 N–H and O–H groups in total. The number of hydrogen-bond donors (Lipinski definition) is 5. The van der Waals surface area contributed by atoms with Crippen LogP contribution in [0.25, 0.3) is 22.3 Å². The first-order valence-electron chi connectivity index (χ1n) is 12.2. The molecule has 34 heavy (non-hydrogen) atoms. The van der Waals surface area contributed by atoms with Crippen molar-refractivity contribution in [3.63, 3.8) is 0 Å². The number of aromatic nitrogens is 2. The standard InChI is InChI=1S/C26H37FN6O/c1-18-7-8-20(15-19(18)2)25-32-23-17-24(22(27)16-21(23)26(34)33-25)31-14-6-13-30-11-4-3-10-29-12-5-9-28/h7-8,15-17,29-31H,3-6,9-14,28H2,1-2H3,(H,32,33,34). The molecule has 0 saturated carbocycles. The summed E-state index contributed by atoms with van der Waals surface area (Å²) in [5.74, 6) is 0.0331. The average Bonchev–Trinajstić information content (AvgIpc) is 2.82. The topological polar surface area (TPSA) is 108 Å². The van der Waals surface area contributed by atoms with Gasteiger partial charge in [-0.05, 0) is 102 Å². The van der Waals surface area contributed by atoms with Crippen LogP contribution in [-0.2, 0) is 0 Å². The quantitative estimate of drug-likeness (QED) is 0.232. The van der Waals surface area contributed by atoms with E-state index in [4.69, 9.17) is 5.73 Å². The number of nitrogens with two attached hydrogens (primary N) is 1. The number of aromatic amines is 1. The fraction of sp³-hybridized carbons (Fsp3) is 0.462. The maximum absolute atomic E-state index is 14.6. The van der Waals surface area contributed by atoms with Crippen molar-refractivity contribution in [3.05, 3.63) is 57.6 Å². The molecule has 0 aliphatic rings. The Morgan fingerprint density at radius 2 is 1.62 bits per heavy atom. The average molecular weight is 469 g/mol. The number of hydrogen-bond acceptors (Lipinski definition) is 6. The van der Waals surface area contributed by atoms with E-state index in [0.29, 0.717) is 23.6 Å². The highest BCUT2D eigenvalue weighted by atomic mass is 19.1. The Kier molecular flexibility index (Phi) is 10.00. The van der Waals surface area contributed by atoms with E-state index in [2.05, 4.69) is 25.9 Å². The molecule has 0 amide bonds. The number of nitrogens with one attached hydrogen (secondary N) is 4. The first-order chi connectivity index (χ1) is 16.5. The SMILES string of the molecule is Cc1ccc(-c2nc3cc(NCCCNCCCCNCCCN)c(F)cc3c(=O)[nH]2)cc1C. The molecule has 3 aromatic rings. The number of fused-ring (bicyclic) bond motifs is 1. The molecule has 1 aromatic heterocycles. The minimum Gasteiger partial charge on any atom is -0.383 e. The van der Waals surface area contributed by atoms with E-state index in [-0.39, 0.29) is 10.9 Å². The second-order valence-corrected chi connectivity index (χ2v) is 8.69. The van der Waals surface area contributed by atoms with Gasteiger partial charge in [0.05, 0.1) is 16.6 Å². The normalized spacial score (nSPS) is 11.3. The third kappa shape index (κ3) is 7.35. The summed E-state index contributed by atoms with van der Waals surface area (Å²) in [4.78, 5) is 19.9. The van der Waals surface area contributed by atoms with Crippen LogP contribution in [0.2, 0.25) is 0 Å². The van der Waals surface area contributed by atoms with Gasteiger partial charge in [0.2, 0.25) is 0 Å². The van der Waals surface area contributed by atoms with Crippen LogP contribution >= 0.6 is 0 Å². The van der Waals surface area contributed by atoms with Gasteiger partial charge < -0.3 is 26.7 Å². The van der Waals surface area contributed by atoms with Crippen LogP contribution in [0, 0.1) is 19.7 Å². The number of halogens is 1. The fourth-order valence-corrected chi connectivity index (χ4v) is 3.73. The predicted octanol–water partition coefficient (Wildman–Crippen LogP) is 3.46. The van der Waals surface area contributed by atoms with Crippen molar-refractivity contribution in [3.8, 4) is 11.4 Å². The number of anilines is 1. The van der Waals surface area contributed by atoms with Crippen molar-refractivity contribution in [2.45, 2.75) is 39.5 Å². The molecule has 7 nitrogen and oxygen atoms in total. The molecule has 0 aliphatic carbocycles. The van der Waals surface area contributed by atoms with Gasteiger partial charge in [0.25, 0.3) is 5.56 Å². The van der Waals surface area contributed by atoms with Gasteiger partial charge in [-0.1, -0.05) is 12.1 Å². The zero-order valence-corrected chi connectivity index (χ0v) is 20.3. The molecule has 0 bridgehead atoms. The van der Waals surface area contributed by atoms with Gasteiger partial charge in [-0.2, -0.15) is 0 Å². The van der Waals surface area contributed by atoms with E-state index in [0.717, 1.165) is 69.5 Å². The van der Waals surface area contributed by atoms with E-state index in [1.807, 2.05) is 32.0 Å². The molecule has 0 aliphatic heterocycles. The highest BCUT2D eigenvalue weighted by Gasteiger charge is 2.11. The molecule has 0 spiro atoms. The fourth-order valence-electron chi connectivity index (χ4n) is 3.73. The lowest BCUT2D eigenvalue weighted by Crippen LogP contribution is -2.22. The maximum atomic E-state index is 14.6. The predicted molar refractivity (Wildman–Crippen MR) is 139 cm³/mol. The smallest absolute Gasteiger partial charge is 0.259 e. The second kappa shape index (κ2) is 13.2. The monoisotopic (exact) mass is 468 g/mol. The molecule has 0 unspecified atom stereocenters. The molecule has 184 valence electrons. The highest BCUT2D eigenvalue weighted by molar-refractivity contribution is 5.83. The van der Waals surface area contributed by atoms with Gasteiger partial charge in [0, 0.05) is 12.1 Å². The van der Waals surface area contributed by atoms with Gasteiger partial charge in [-0.25, -0.2) is 9.37 Å². The minimum atomic E-state index is -0.450. The number of rotatable bonds is 14. The Bertz CT molecular complexity index is 1130. The number of aryl methyl sites for hydroxylation is 2. The van der Waals surface area contributed by atoms with Crippen LogP contribution in [-0.4, -0.2) is 49.2 Å². The summed E-state index contributed by atoms with van der Waals surface area (Å²) >= 11 is 0. The molecule has 0 saturated heterocycles. The molecule has 1 heterocycles. The third-order valence-electron chi connectivity index (χ3n) is 5.94. The maximum Gasteiger partial charge on any atom is 0.259 e. The third-order valence-corrected chi connectivity index (χ3v) is 5.94. The molecular weight excluding hydrogens is 431 g/mol. The van der Waals surface area contributed by atoms with Crippen LogP contribution in [0.5, 0.6) is 0 Å². The Hall–Kier alpha value is -2.81. The summed E-state index contributed by atoms with van der Waals surface area (Å²) < 4.78 is 14.6. The number of benzene rings is 2. The second-order valence-electron chi connectivity index (χ2n) is 8.69. The first kappa shape index (κ1) is 25.8. The molecule has 8 heteroatoms. The molecule has 0 radical (unpaired) electrons. The van der Waals surface area contributed by atoms with Crippen LogP contribution in [0.3, 0.4) is 0 Å². The van der Waals surface area contributed by atoms with E-state index in [1.54, 1.807) is 6.07 Å². The molecule has 3 rings (SSSR count). The Labute approximate surface area is 200 Å².